The van der Waals surface area contributed by atoms with E-state index >= 15 is 0 Å². The fourth-order valence-corrected chi connectivity index (χ4v) is 6.87. The number of thiazole rings is 1. The second-order valence-electron chi connectivity index (χ2n) is 8.86. The molecule has 0 spiro atoms. The number of piperidine rings is 1. The van der Waals surface area contributed by atoms with E-state index in [1.54, 1.807) is 4.57 Å². The van der Waals surface area contributed by atoms with Gasteiger partial charge in [0.1, 0.15) is 6.54 Å². The van der Waals surface area contributed by atoms with Gasteiger partial charge in [0.15, 0.2) is 4.80 Å². The quantitative estimate of drug-likeness (QED) is 0.409. The lowest BCUT2D eigenvalue weighted by atomic mass is 10.1. The van der Waals surface area contributed by atoms with Crippen molar-refractivity contribution in [2.75, 3.05) is 20.2 Å². The number of hydrogen-bond acceptors (Lipinski definition) is 6. The summed E-state index contributed by atoms with van der Waals surface area (Å²) in [7, 11) is -2.26. The van der Waals surface area contributed by atoms with Crippen LogP contribution in [0.2, 0.25) is 0 Å². The van der Waals surface area contributed by atoms with Gasteiger partial charge < -0.3 is 9.30 Å². The number of unbranched alkanes of at least 4 members (excludes halogenated alkanes) is 1. The van der Waals surface area contributed by atoms with E-state index in [1.165, 1.54) is 52.6 Å². The van der Waals surface area contributed by atoms with Crippen LogP contribution < -0.4 is 4.80 Å². The van der Waals surface area contributed by atoms with Crippen LogP contribution in [0.3, 0.4) is 0 Å². The molecule has 1 aliphatic heterocycles. The smallest absolute Gasteiger partial charge is 0.325 e. The van der Waals surface area contributed by atoms with Gasteiger partial charge in [0, 0.05) is 18.7 Å². The highest BCUT2D eigenvalue weighted by Gasteiger charge is 2.26. The molecular formula is C26H31N3O5S2. The molecule has 1 aliphatic rings. The monoisotopic (exact) mass is 529 g/mol. The van der Waals surface area contributed by atoms with E-state index in [-0.39, 0.29) is 17.0 Å². The van der Waals surface area contributed by atoms with Gasteiger partial charge in [0.2, 0.25) is 10.0 Å². The number of esters is 1. The van der Waals surface area contributed by atoms with E-state index in [4.69, 9.17) is 4.74 Å². The first kappa shape index (κ1) is 26.2. The van der Waals surface area contributed by atoms with Crippen molar-refractivity contribution in [3.05, 3.63) is 58.4 Å². The van der Waals surface area contributed by atoms with Gasteiger partial charge in [-0.15, -0.1) is 0 Å². The summed E-state index contributed by atoms with van der Waals surface area (Å²) >= 11 is 1.34. The van der Waals surface area contributed by atoms with Gasteiger partial charge in [-0.2, -0.15) is 9.30 Å². The number of nitrogens with zero attached hydrogens (tertiary/aromatic N) is 3. The van der Waals surface area contributed by atoms with Crippen molar-refractivity contribution in [1.82, 2.24) is 8.87 Å². The zero-order valence-corrected chi connectivity index (χ0v) is 22.2. The van der Waals surface area contributed by atoms with Crippen molar-refractivity contribution >= 4 is 43.5 Å². The molecule has 0 bridgehead atoms. The summed E-state index contributed by atoms with van der Waals surface area (Å²) in [5.74, 6) is -0.945. The minimum atomic E-state index is -3.58. The molecule has 1 amide bonds. The molecule has 0 aliphatic carbocycles. The molecule has 36 heavy (non-hydrogen) atoms. The molecule has 2 heterocycles. The Morgan fingerprint density at radius 1 is 1.06 bits per heavy atom. The molecule has 0 atom stereocenters. The zero-order valence-electron chi connectivity index (χ0n) is 20.6. The topological polar surface area (TPSA) is 98.0 Å². The number of carbonyl (C=O) groups excluding carboxylic acids is 2. The van der Waals surface area contributed by atoms with Gasteiger partial charge in [0.25, 0.3) is 5.91 Å². The van der Waals surface area contributed by atoms with Crippen LogP contribution in [-0.4, -0.2) is 49.4 Å². The lowest BCUT2D eigenvalue weighted by Crippen LogP contribution is -2.35. The van der Waals surface area contributed by atoms with Crippen LogP contribution in [0.15, 0.2) is 52.4 Å². The van der Waals surface area contributed by atoms with Crippen LogP contribution in [0.4, 0.5) is 0 Å². The largest absolute Gasteiger partial charge is 0.468 e. The first-order valence-corrected chi connectivity index (χ1v) is 14.5. The van der Waals surface area contributed by atoms with Crippen molar-refractivity contribution in [2.45, 2.75) is 56.9 Å². The van der Waals surface area contributed by atoms with Gasteiger partial charge in [-0.05, 0) is 67.6 Å². The summed E-state index contributed by atoms with van der Waals surface area (Å²) in [6, 6.07) is 12.0. The number of hydrogen-bond donors (Lipinski definition) is 0. The number of aryl methyl sites for hydroxylation is 1. The third-order valence-electron chi connectivity index (χ3n) is 6.33. The molecule has 3 aromatic rings. The molecule has 4 rings (SSSR count). The molecule has 1 aromatic heterocycles. The molecular weight excluding hydrogens is 498 g/mol. The number of methoxy groups -OCH3 is 1. The number of aromatic nitrogens is 1. The lowest BCUT2D eigenvalue weighted by molar-refractivity contribution is -0.141. The Hall–Kier alpha value is -2.82. The molecule has 2 aromatic carbocycles. The highest BCUT2D eigenvalue weighted by Crippen LogP contribution is 2.22. The van der Waals surface area contributed by atoms with E-state index in [2.05, 4.69) is 18.0 Å². The van der Waals surface area contributed by atoms with Gasteiger partial charge >= 0.3 is 5.97 Å². The Labute approximate surface area is 215 Å². The third-order valence-corrected chi connectivity index (χ3v) is 9.29. The van der Waals surface area contributed by atoms with Gasteiger partial charge in [-0.25, -0.2) is 8.42 Å². The first-order valence-electron chi connectivity index (χ1n) is 12.2. The molecule has 0 unspecified atom stereocenters. The SMILES string of the molecule is CCCCc1ccc2c(c1)sc(=NC(=O)c1ccc(S(=O)(=O)N3CCCCC3)cc1)n2CC(=O)OC. The maximum Gasteiger partial charge on any atom is 0.325 e. The van der Waals surface area contributed by atoms with Crippen molar-refractivity contribution in [2.24, 2.45) is 4.99 Å². The summed E-state index contributed by atoms with van der Waals surface area (Å²) in [5.41, 5.74) is 2.28. The summed E-state index contributed by atoms with van der Waals surface area (Å²) < 4.78 is 34.8. The fourth-order valence-electron chi connectivity index (χ4n) is 4.26. The van der Waals surface area contributed by atoms with Gasteiger partial charge in [-0.3, -0.25) is 9.59 Å². The standard InChI is InChI=1S/C26H31N3O5S2/c1-3-4-8-19-9-14-22-23(17-19)35-26(29(22)18-24(30)34-2)27-25(31)20-10-12-21(13-11-20)36(32,33)28-15-6-5-7-16-28/h9-14,17H,3-8,15-16,18H2,1-2H3. The van der Waals surface area contributed by atoms with Crippen LogP contribution in [0, 0.1) is 0 Å². The number of benzene rings is 2. The lowest BCUT2D eigenvalue weighted by Gasteiger charge is -2.25. The molecule has 1 fully saturated rings. The van der Waals surface area contributed by atoms with E-state index in [0.29, 0.717) is 17.9 Å². The van der Waals surface area contributed by atoms with Gasteiger partial charge in [-0.1, -0.05) is 37.2 Å². The predicted octanol–water partition coefficient (Wildman–Crippen LogP) is 4.13. The maximum absolute atomic E-state index is 13.0. The summed E-state index contributed by atoms with van der Waals surface area (Å²) in [5, 5.41) is 0. The number of ether oxygens (including phenoxy) is 1. The van der Waals surface area contributed by atoms with E-state index in [0.717, 1.165) is 48.7 Å². The highest BCUT2D eigenvalue weighted by atomic mass is 32.2. The number of fused-ring (bicyclic) bond motifs is 1. The Bertz CT molecular complexity index is 1420. The fraction of sp³-hybridized carbons (Fsp3) is 0.423. The molecule has 192 valence electrons. The molecule has 8 nitrogen and oxygen atoms in total. The average Bonchev–Trinajstić information content (AvgIpc) is 3.23. The Morgan fingerprint density at radius 3 is 2.44 bits per heavy atom. The van der Waals surface area contributed by atoms with Crippen LogP contribution in [0.1, 0.15) is 54.9 Å². The zero-order chi connectivity index (χ0) is 25.7. The Morgan fingerprint density at radius 2 is 1.78 bits per heavy atom. The number of rotatable bonds is 8. The molecule has 0 saturated carbocycles. The van der Waals surface area contributed by atoms with Crippen LogP contribution >= 0.6 is 11.3 Å². The summed E-state index contributed by atoms with van der Waals surface area (Å²) in [4.78, 5) is 30.0. The van der Waals surface area contributed by atoms with Crippen molar-refractivity contribution in [1.29, 1.82) is 0 Å². The van der Waals surface area contributed by atoms with E-state index < -0.39 is 21.9 Å². The third kappa shape index (κ3) is 5.77. The summed E-state index contributed by atoms with van der Waals surface area (Å²) in [6.45, 7) is 3.12. The Balaban J connectivity index is 1.66. The van der Waals surface area contributed by atoms with Gasteiger partial charge in [0.05, 0.1) is 22.2 Å². The molecule has 0 N–H and O–H groups in total. The van der Waals surface area contributed by atoms with Crippen molar-refractivity contribution < 1.29 is 22.7 Å². The highest BCUT2D eigenvalue weighted by molar-refractivity contribution is 7.89. The molecule has 1 saturated heterocycles. The number of amides is 1. The molecule has 0 radical (unpaired) electrons. The number of carbonyl (C=O) groups is 2. The minimum absolute atomic E-state index is 0.0655. The van der Waals surface area contributed by atoms with Crippen LogP contribution in [0.5, 0.6) is 0 Å². The first-order chi connectivity index (χ1) is 17.3. The van der Waals surface area contributed by atoms with Crippen LogP contribution in [0.25, 0.3) is 10.2 Å². The van der Waals surface area contributed by atoms with Crippen LogP contribution in [-0.2, 0) is 32.5 Å². The molecule has 10 heteroatoms. The normalized spacial score (nSPS) is 15.3. The van der Waals surface area contributed by atoms with Crippen molar-refractivity contribution in [3.8, 4) is 0 Å². The van der Waals surface area contributed by atoms with E-state index in [9.17, 15) is 18.0 Å². The minimum Gasteiger partial charge on any atom is -0.468 e. The average molecular weight is 530 g/mol. The maximum atomic E-state index is 13.0. The predicted molar refractivity (Wildman–Crippen MR) is 139 cm³/mol. The number of sulfonamides is 1. The second-order valence-corrected chi connectivity index (χ2v) is 11.8. The van der Waals surface area contributed by atoms with E-state index in [1.807, 2.05) is 12.1 Å². The Kier molecular flexibility index (Phi) is 8.38. The van der Waals surface area contributed by atoms with Crippen molar-refractivity contribution in [3.63, 3.8) is 0 Å². The summed E-state index contributed by atoms with van der Waals surface area (Å²) in [6.07, 6.45) is 5.88. The second kappa shape index (κ2) is 11.5.